The molecule has 3 N–H and O–H groups in total. The number of hydrogen-bond acceptors (Lipinski definition) is 3. The molecule has 2 aromatic rings. The van der Waals surface area contributed by atoms with Gasteiger partial charge in [-0.3, -0.25) is 9.89 Å². The molecule has 0 aliphatic carbocycles. The van der Waals surface area contributed by atoms with Crippen molar-refractivity contribution in [2.75, 3.05) is 31.6 Å². The Morgan fingerprint density at radius 3 is 2.81 bits per heavy atom. The van der Waals surface area contributed by atoms with Crippen molar-refractivity contribution >= 4 is 23.2 Å². The van der Waals surface area contributed by atoms with Crippen LogP contribution in [0, 0.1) is 5.82 Å². The van der Waals surface area contributed by atoms with Crippen LogP contribution in [0.1, 0.15) is 18.5 Å². The Kier molecular flexibility index (Phi) is 6.66. The number of ether oxygens (including phenoxy) is 1. The van der Waals surface area contributed by atoms with Gasteiger partial charge in [-0.2, -0.15) is 0 Å². The second-order valence-electron chi connectivity index (χ2n) is 6.54. The van der Waals surface area contributed by atoms with E-state index in [0.29, 0.717) is 36.8 Å². The fraction of sp³-hybridized carbons (Fsp3) is 0.350. The Morgan fingerprint density at radius 1 is 1.33 bits per heavy atom. The van der Waals surface area contributed by atoms with Crippen molar-refractivity contribution in [3.05, 3.63) is 64.9 Å². The molecule has 1 aliphatic heterocycles. The van der Waals surface area contributed by atoms with Crippen LogP contribution in [0.25, 0.3) is 0 Å². The second kappa shape index (κ2) is 9.17. The number of rotatable bonds is 5. The Balaban J connectivity index is 1.82. The number of nitrogens with zero attached hydrogens (tertiary/aromatic N) is 2. The minimum atomic E-state index is -0.337. The monoisotopic (exact) mass is 390 g/mol. The molecule has 0 amide bonds. The van der Waals surface area contributed by atoms with E-state index in [1.807, 2.05) is 37.3 Å². The number of nitrogens with one attached hydrogen (secondary N) is 1. The molecule has 7 heteroatoms. The zero-order valence-electron chi connectivity index (χ0n) is 15.2. The van der Waals surface area contributed by atoms with Crippen LogP contribution in [0.5, 0.6) is 0 Å². The second-order valence-corrected chi connectivity index (χ2v) is 6.95. The van der Waals surface area contributed by atoms with E-state index in [0.717, 1.165) is 5.69 Å². The van der Waals surface area contributed by atoms with Crippen molar-refractivity contribution in [1.82, 2.24) is 4.90 Å². The average molecular weight is 391 g/mol. The molecule has 0 radical (unpaired) electrons. The van der Waals surface area contributed by atoms with Crippen LogP contribution in [0.15, 0.2) is 53.5 Å². The zero-order valence-corrected chi connectivity index (χ0v) is 16.0. The molecule has 144 valence electrons. The summed E-state index contributed by atoms with van der Waals surface area (Å²) in [7, 11) is 0. The van der Waals surface area contributed by atoms with Crippen molar-refractivity contribution in [2.24, 2.45) is 10.7 Å². The minimum Gasteiger partial charge on any atom is -0.376 e. The third-order valence-corrected chi connectivity index (χ3v) is 4.86. The predicted molar refractivity (Wildman–Crippen MR) is 108 cm³/mol. The van der Waals surface area contributed by atoms with Crippen molar-refractivity contribution in [1.29, 1.82) is 0 Å². The number of anilines is 1. The number of morpholine rings is 1. The standard InChI is InChI=1S/C20H24ClFN4O/c1-14-13-26(10-11-27-14)18(19-16(21)8-5-9-17(19)22)12-24-20(23)25-15-6-3-2-4-7-15/h2-9,14,18H,10-13H2,1H3,(H3,23,24,25). The van der Waals surface area contributed by atoms with Gasteiger partial charge < -0.3 is 15.8 Å². The van der Waals surface area contributed by atoms with Gasteiger partial charge in [-0.25, -0.2) is 4.39 Å². The molecule has 0 saturated carbocycles. The summed E-state index contributed by atoms with van der Waals surface area (Å²) in [4.78, 5) is 6.60. The van der Waals surface area contributed by atoms with E-state index in [1.165, 1.54) is 6.07 Å². The van der Waals surface area contributed by atoms with Gasteiger partial charge in [0.25, 0.3) is 0 Å². The average Bonchev–Trinajstić information content (AvgIpc) is 2.65. The van der Waals surface area contributed by atoms with E-state index < -0.39 is 0 Å². The molecule has 1 heterocycles. The molecule has 0 aromatic heterocycles. The molecular formula is C20H24ClFN4O. The highest BCUT2D eigenvalue weighted by Crippen LogP contribution is 2.31. The van der Waals surface area contributed by atoms with Crippen LogP contribution in [0.4, 0.5) is 10.1 Å². The first-order valence-electron chi connectivity index (χ1n) is 8.96. The molecule has 1 aliphatic rings. The molecule has 0 bridgehead atoms. The number of hydrogen-bond donors (Lipinski definition) is 2. The van der Waals surface area contributed by atoms with Crippen LogP contribution < -0.4 is 11.1 Å². The van der Waals surface area contributed by atoms with E-state index in [4.69, 9.17) is 22.1 Å². The Hall–Kier alpha value is -2.15. The van der Waals surface area contributed by atoms with Crippen molar-refractivity contribution in [3.8, 4) is 0 Å². The van der Waals surface area contributed by atoms with Gasteiger partial charge in [-0.1, -0.05) is 35.9 Å². The third kappa shape index (κ3) is 5.19. The van der Waals surface area contributed by atoms with Gasteiger partial charge in [0.05, 0.1) is 25.3 Å². The van der Waals surface area contributed by atoms with E-state index in [1.54, 1.807) is 12.1 Å². The normalized spacial score (nSPS) is 19.7. The van der Waals surface area contributed by atoms with E-state index in [-0.39, 0.29) is 23.9 Å². The van der Waals surface area contributed by atoms with E-state index in [2.05, 4.69) is 15.2 Å². The zero-order chi connectivity index (χ0) is 19.2. The van der Waals surface area contributed by atoms with Gasteiger partial charge in [-0.05, 0) is 31.2 Å². The van der Waals surface area contributed by atoms with Gasteiger partial charge in [-0.15, -0.1) is 0 Å². The highest BCUT2D eigenvalue weighted by molar-refractivity contribution is 6.31. The first-order valence-corrected chi connectivity index (χ1v) is 9.34. The number of aliphatic imine (C=N–C) groups is 1. The predicted octanol–water partition coefficient (Wildman–Crippen LogP) is 3.67. The summed E-state index contributed by atoms with van der Waals surface area (Å²) in [6.07, 6.45) is 0.0653. The molecule has 2 aromatic carbocycles. The van der Waals surface area contributed by atoms with Crippen molar-refractivity contribution < 1.29 is 9.13 Å². The number of nitrogens with two attached hydrogens (primary N) is 1. The molecule has 5 nitrogen and oxygen atoms in total. The maximum absolute atomic E-state index is 14.6. The molecule has 2 atom stereocenters. The van der Waals surface area contributed by atoms with Gasteiger partial charge in [0.1, 0.15) is 5.82 Å². The van der Waals surface area contributed by atoms with Gasteiger partial charge in [0.2, 0.25) is 0 Å². The largest absolute Gasteiger partial charge is 0.376 e. The molecule has 27 heavy (non-hydrogen) atoms. The van der Waals surface area contributed by atoms with E-state index in [9.17, 15) is 4.39 Å². The Morgan fingerprint density at radius 2 is 2.11 bits per heavy atom. The lowest BCUT2D eigenvalue weighted by atomic mass is 10.0. The number of guanidine groups is 1. The van der Waals surface area contributed by atoms with Crippen LogP contribution in [-0.2, 0) is 4.74 Å². The summed E-state index contributed by atoms with van der Waals surface area (Å²) in [6, 6.07) is 14.0. The molecule has 2 unspecified atom stereocenters. The number of para-hydroxylation sites is 1. The fourth-order valence-corrected chi connectivity index (χ4v) is 3.53. The highest BCUT2D eigenvalue weighted by atomic mass is 35.5. The lowest BCUT2D eigenvalue weighted by Gasteiger charge is -2.37. The van der Waals surface area contributed by atoms with Crippen LogP contribution >= 0.6 is 11.6 Å². The third-order valence-electron chi connectivity index (χ3n) is 4.53. The summed E-state index contributed by atoms with van der Waals surface area (Å²) in [5.41, 5.74) is 7.33. The highest BCUT2D eigenvalue weighted by Gasteiger charge is 2.29. The SMILES string of the molecule is CC1CN(C(CN=C(N)Nc2ccccc2)c2c(F)cccc2Cl)CCO1. The molecule has 0 spiro atoms. The quantitative estimate of drug-likeness (QED) is 0.604. The Bertz CT molecular complexity index is 767. The maximum Gasteiger partial charge on any atom is 0.193 e. The van der Waals surface area contributed by atoms with Gasteiger partial charge in [0, 0.05) is 29.4 Å². The summed E-state index contributed by atoms with van der Waals surface area (Å²) in [6.45, 7) is 4.24. The first kappa shape index (κ1) is 19.6. The molecule has 3 rings (SSSR count). The molecular weight excluding hydrogens is 367 g/mol. The number of halogens is 2. The van der Waals surface area contributed by atoms with Gasteiger partial charge in [0.15, 0.2) is 5.96 Å². The smallest absolute Gasteiger partial charge is 0.193 e. The lowest BCUT2D eigenvalue weighted by molar-refractivity contribution is -0.0336. The summed E-state index contributed by atoms with van der Waals surface area (Å²) >= 11 is 6.33. The maximum atomic E-state index is 14.6. The summed E-state index contributed by atoms with van der Waals surface area (Å²) in [5.74, 6) is -0.0589. The lowest BCUT2D eigenvalue weighted by Crippen LogP contribution is -2.44. The van der Waals surface area contributed by atoms with Gasteiger partial charge >= 0.3 is 0 Å². The number of benzene rings is 2. The summed E-state index contributed by atoms with van der Waals surface area (Å²) < 4.78 is 20.2. The minimum absolute atomic E-state index is 0.0653. The van der Waals surface area contributed by atoms with Crippen molar-refractivity contribution in [3.63, 3.8) is 0 Å². The fourth-order valence-electron chi connectivity index (χ4n) is 3.24. The molecule has 1 fully saturated rings. The van der Waals surface area contributed by atoms with Crippen LogP contribution in [0.2, 0.25) is 5.02 Å². The van der Waals surface area contributed by atoms with Crippen LogP contribution in [-0.4, -0.2) is 43.2 Å². The van der Waals surface area contributed by atoms with E-state index >= 15 is 0 Å². The molecule has 1 saturated heterocycles. The topological polar surface area (TPSA) is 62.9 Å². The first-order chi connectivity index (χ1) is 13.0. The van der Waals surface area contributed by atoms with Crippen molar-refractivity contribution in [2.45, 2.75) is 19.1 Å². The Labute approximate surface area is 164 Å². The van der Waals surface area contributed by atoms with Crippen LogP contribution in [0.3, 0.4) is 0 Å². The summed E-state index contributed by atoms with van der Waals surface area (Å²) in [5, 5.41) is 3.44.